The van der Waals surface area contributed by atoms with Gasteiger partial charge in [-0.05, 0) is 18.1 Å². The summed E-state index contributed by atoms with van der Waals surface area (Å²) < 4.78 is 13.9. The van der Waals surface area contributed by atoms with Crippen molar-refractivity contribution >= 4 is 24.0 Å². The summed E-state index contributed by atoms with van der Waals surface area (Å²) in [7, 11) is -0.612. The molecule has 0 unspecified atom stereocenters. The van der Waals surface area contributed by atoms with Crippen LogP contribution in [0.25, 0.3) is 0 Å². The summed E-state index contributed by atoms with van der Waals surface area (Å²) in [6.07, 6.45) is 1.55. The molecule has 0 aromatic heterocycles. The first-order chi connectivity index (χ1) is 11.1. The largest absolute Gasteiger partial charge is 0.318 e. The molecule has 4 rings (SSSR count). The highest BCUT2D eigenvalue weighted by atomic mass is 35.5. The van der Waals surface area contributed by atoms with Crippen LogP contribution in [0.3, 0.4) is 0 Å². The highest BCUT2D eigenvalue weighted by molar-refractivity contribution is 7.72. The zero-order chi connectivity index (χ0) is 16.0. The van der Waals surface area contributed by atoms with E-state index in [1.165, 1.54) is 0 Å². The van der Waals surface area contributed by atoms with Crippen LogP contribution in [0.2, 0.25) is 5.02 Å². The molecule has 0 radical (unpaired) electrons. The van der Waals surface area contributed by atoms with Crippen molar-refractivity contribution in [1.82, 2.24) is 5.06 Å². The Balaban J connectivity index is 1.82. The Hall–Kier alpha value is -1.12. The van der Waals surface area contributed by atoms with Crippen LogP contribution in [0.4, 0.5) is 0 Å². The van der Waals surface area contributed by atoms with Crippen LogP contribution in [0.5, 0.6) is 0 Å². The highest BCUT2D eigenvalue weighted by Crippen LogP contribution is 2.65. The molecule has 2 heterocycles. The zero-order valence-electron chi connectivity index (χ0n) is 12.9. The summed E-state index contributed by atoms with van der Waals surface area (Å²) in [5.74, 6) is 0. The van der Waals surface area contributed by atoms with Crippen LogP contribution < -0.4 is 5.30 Å². The predicted octanol–water partition coefficient (Wildman–Crippen LogP) is 4.09. The third-order valence-electron chi connectivity index (χ3n) is 5.04. The molecule has 2 aromatic carbocycles. The maximum absolute atomic E-state index is 13.9. The maximum Gasteiger partial charge on any atom is 0.123 e. The van der Waals surface area contributed by atoms with Gasteiger partial charge in [0.25, 0.3) is 0 Å². The zero-order valence-corrected chi connectivity index (χ0v) is 14.6. The lowest BCUT2D eigenvalue weighted by atomic mass is 10.0. The normalized spacial score (nSPS) is 33.7. The highest BCUT2D eigenvalue weighted by Gasteiger charge is 2.57. The van der Waals surface area contributed by atoms with E-state index in [2.05, 4.69) is 0 Å². The van der Waals surface area contributed by atoms with Gasteiger partial charge in [-0.2, -0.15) is 5.06 Å². The molecule has 2 aliphatic rings. The van der Waals surface area contributed by atoms with Crippen molar-refractivity contribution in [2.24, 2.45) is 0 Å². The minimum absolute atomic E-state index is 0.00677. The molecule has 2 saturated heterocycles. The Bertz CT molecular complexity index is 767. The molecular formula is C18H19ClNO2P. The molecule has 2 fully saturated rings. The van der Waals surface area contributed by atoms with Crippen molar-refractivity contribution in [3.8, 4) is 0 Å². The Morgan fingerprint density at radius 3 is 2.57 bits per heavy atom. The van der Waals surface area contributed by atoms with E-state index in [0.717, 1.165) is 17.3 Å². The van der Waals surface area contributed by atoms with Gasteiger partial charge in [0.05, 0.1) is 17.8 Å². The van der Waals surface area contributed by atoms with Gasteiger partial charge in [-0.1, -0.05) is 60.1 Å². The molecule has 3 nitrogen and oxygen atoms in total. The van der Waals surface area contributed by atoms with Crippen molar-refractivity contribution in [2.75, 3.05) is 13.2 Å². The second kappa shape index (κ2) is 5.75. The van der Waals surface area contributed by atoms with E-state index >= 15 is 0 Å². The molecule has 0 bridgehead atoms. The lowest BCUT2D eigenvalue weighted by Crippen LogP contribution is -2.27. The van der Waals surface area contributed by atoms with E-state index < -0.39 is 7.14 Å². The van der Waals surface area contributed by atoms with Crippen LogP contribution in [-0.2, 0) is 9.40 Å². The summed E-state index contributed by atoms with van der Waals surface area (Å²) in [5.41, 5.74) is 0.969. The van der Waals surface area contributed by atoms with Crippen molar-refractivity contribution in [1.29, 1.82) is 0 Å². The molecule has 0 N–H and O–H groups in total. The van der Waals surface area contributed by atoms with E-state index in [-0.39, 0.29) is 17.8 Å². The summed E-state index contributed by atoms with van der Waals surface area (Å²) in [6.45, 7) is 0. The van der Waals surface area contributed by atoms with Gasteiger partial charge in [-0.15, -0.1) is 0 Å². The molecule has 0 aliphatic carbocycles. The fourth-order valence-electron chi connectivity index (χ4n) is 4.02. The van der Waals surface area contributed by atoms with E-state index in [0.29, 0.717) is 11.2 Å². The number of fused-ring (bicyclic) bond motifs is 1. The minimum atomic E-state index is -2.53. The van der Waals surface area contributed by atoms with Gasteiger partial charge in [-0.3, -0.25) is 4.84 Å². The number of rotatable bonds is 2. The lowest BCUT2D eigenvalue weighted by molar-refractivity contribution is -0.143. The Labute approximate surface area is 141 Å². The van der Waals surface area contributed by atoms with Crippen molar-refractivity contribution in [3.63, 3.8) is 0 Å². The lowest BCUT2D eigenvalue weighted by Gasteiger charge is -2.28. The summed E-state index contributed by atoms with van der Waals surface area (Å²) in [6, 6.07) is 17.6. The molecule has 0 saturated carbocycles. The van der Waals surface area contributed by atoms with Crippen LogP contribution >= 0.6 is 18.7 Å². The number of halogens is 1. The monoisotopic (exact) mass is 347 g/mol. The topological polar surface area (TPSA) is 29.5 Å². The fraction of sp³-hybridized carbons (Fsp3) is 0.333. The smallest absolute Gasteiger partial charge is 0.123 e. The molecule has 120 valence electrons. The van der Waals surface area contributed by atoms with Gasteiger partial charge in [-0.25, -0.2) is 0 Å². The van der Waals surface area contributed by atoms with Crippen molar-refractivity contribution in [2.45, 2.75) is 24.2 Å². The van der Waals surface area contributed by atoms with Crippen LogP contribution in [0.15, 0.2) is 54.6 Å². The number of hydrogen-bond acceptors (Lipinski definition) is 3. The van der Waals surface area contributed by atoms with Crippen molar-refractivity contribution < 1.29 is 9.40 Å². The van der Waals surface area contributed by atoms with Gasteiger partial charge in [0.2, 0.25) is 0 Å². The second-order valence-corrected chi connectivity index (χ2v) is 9.85. The SMILES string of the molecule is CN1O[C@H]2CC[P@](=O)(c3ccccc3)[C@H]2[C@@H]1c1ccccc1Cl. The average Bonchev–Trinajstić information content (AvgIpc) is 3.06. The van der Waals surface area contributed by atoms with E-state index in [1.54, 1.807) is 0 Å². The minimum Gasteiger partial charge on any atom is -0.318 e. The van der Waals surface area contributed by atoms with Gasteiger partial charge in [0.15, 0.2) is 0 Å². The number of hydrogen-bond donors (Lipinski definition) is 0. The van der Waals surface area contributed by atoms with E-state index in [9.17, 15) is 4.57 Å². The van der Waals surface area contributed by atoms with Crippen LogP contribution in [0.1, 0.15) is 18.0 Å². The average molecular weight is 348 g/mol. The third-order valence-corrected chi connectivity index (χ3v) is 9.06. The second-order valence-electron chi connectivity index (χ2n) is 6.29. The molecule has 2 aromatic rings. The third kappa shape index (κ3) is 2.38. The Kier molecular flexibility index (Phi) is 3.85. The summed E-state index contributed by atoms with van der Waals surface area (Å²) >= 11 is 6.43. The standard InChI is InChI=1S/C18H19ClNO2P/c1-20-17(14-9-5-6-10-15(14)19)18-16(22-20)11-12-23(18,21)13-7-3-2-4-8-13/h2-10,16-18H,11-12H2,1H3/t16-,17-,18+,23-/m0/s1. The fourth-order valence-corrected chi connectivity index (χ4v) is 8.03. The first-order valence-electron chi connectivity index (χ1n) is 7.89. The quantitative estimate of drug-likeness (QED) is 0.766. The number of nitrogens with zero attached hydrogens (tertiary/aromatic N) is 1. The summed E-state index contributed by atoms with van der Waals surface area (Å²) in [5, 5.41) is 3.52. The molecular weight excluding hydrogens is 329 g/mol. The van der Waals surface area contributed by atoms with Gasteiger partial charge in [0, 0.05) is 23.5 Å². The van der Waals surface area contributed by atoms with Gasteiger partial charge in [0.1, 0.15) is 7.14 Å². The Morgan fingerprint density at radius 1 is 1.13 bits per heavy atom. The molecule has 0 spiro atoms. The van der Waals surface area contributed by atoms with Gasteiger partial charge < -0.3 is 4.57 Å². The molecule has 2 aliphatic heterocycles. The van der Waals surface area contributed by atoms with Gasteiger partial charge >= 0.3 is 0 Å². The van der Waals surface area contributed by atoms with Crippen molar-refractivity contribution in [3.05, 3.63) is 65.2 Å². The van der Waals surface area contributed by atoms with E-state index in [4.69, 9.17) is 16.4 Å². The summed E-state index contributed by atoms with van der Waals surface area (Å²) in [4.78, 5) is 6.03. The number of benzene rings is 2. The molecule has 0 amide bonds. The molecule has 23 heavy (non-hydrogen) atoms. The Morgan fingerprint density at radius 2 is 1.83 bits per heavy atom. The first kappa shape index (κ1) is 15.4. The predicted molar refractivity (Wildman–Crippen MR) is 93.8 cm³/mol. The number of hydroxylamine groups is 2. The van der Waals surface area contributed by atoms with E-state index in [1.807, 2.05) is 66.7 Å². The first-order valence-corrected chi connectivity index (χ1v) is 10.2. The molecule has 4 atom stereocenters. The van der Waals surface area contributed by atoms with Crippen LogP contribution in [0, 0.1) is 0 Å². The van der Waals surface area contributed by atoms with Crippen LogP contribution in [-0.4, -0.2) is 30.0 Å². The molecule has 5 heteroatoms. The maximum atomic E-state index is 13.9.